The zero-order valence-corrected chi connectivity index (χ0v) is 11.7. The number of ether oxygens (including phenoxy) is 1. The first kappa shape index (κ1) is 16.6. The summed E-state index contributed by atoms with van der Waals surface area (Å²) in [5.41, 5.74) is -2.30. The second kappa shape index (κ2) is 6.18. The normalized spacial score (nSPS) is 30.9. The zero-order chi connectivity index (χ0) is 16.5. The van der Waals surface area contributed by atoms with Crippen molar-refractivity contribution in [2.24, 2.45) is 0 Å². The van der Waals surface area contributed by atoms with Gasteiger partial charge in [0.25, 0.3) is 5.56 Å². The number of aromatic amines is 1. The summed E-state index contributed by atoms with van der Waals surface area (Å²) in [5, 5.41) is 19.2. The fourth-order valence-corrected chi connectivity index (χ4v) is 2.47. The molecule has 1 aromatic rings. The lowest BCUT2D eigenvalue weighted by atomic mass is 9.99. The third-order valence-electron chi connectivity index (χ3n) is 3.15. The van der Waals surface area contributed by atoms with Gasteiger partial charge in [0.1, 0.15) is 18.9 Å². The minimum Gasteiger partial charge on any atom is -0.394 e. The van der Waals surface area contributed by atoms with Crippen LogP contribution in [0.5, 0.6) is 0 Å². The lowest BCUT2D eigenvalue weighted by Crippen LogP contribution is -2.44. The number of halogens is 3. The summed E-state index contributed by atoms with van der Waals surface area (Å²) in [6.45, 7) is -1.74. The fraction of sp³-hybridized carbons (Fsp3) is 0.500. The Bertz CT molecular complexity index is 740. The van der Waals surface area contributed by atoms with Gasteiger partial charge in [0.15, 0.2) is 11.1 Å². The van der Waals surface area contributed by atoms with E-state index in [1.807, 2.05) is 5.92 Å². The molecule has 0 aliphatic carbocycles. The Hall–Kier alpha value is -1.73. The number of aliphatic hydroxyl groups is 2. The summed E-state index contributed by atoms with van der Waals surface area (Å²) >= 11 is 6.14. The summed E-state index contributed by atoms with van der Waals surface area (Å²) in [7, 11) is 0. The molecule has 2 rings (SSSR count). The average Bonchev–Trinajstić information content (AvgIpc) is 2.73. The van der Waals surface area contributed by atoms with Crippen molar-refractivity contribution in [3.8, 4) is 11.8 Å². The van der Waals surface area contributed by atoms with Crippen molar-refractivity contribution in [3.05, 3.63) is 32.9 Å². The molecule has 0 aromatic carbocycles. The Morgan fingerprint density at radius 3 is 2.82 bits per heavy atom. The number of hydrogen-bond acceptors (Lipinski definition) is 5. The first-order valence-electron chi connectivity index (χ1n) is 6.05. The third kappa shape index (κ3) is 2.66. The molecular formula is C12H11ClF2N2O5. The molecule has 1 aliphatic heterocycles. The smallest absolute Gasteiger partial charge is 0.330 e. The SMILES string of the molecule is O=c1[nH]c(=O)n([C@@H]2OC(CO)C(O)C2(Cl)C#CCF)cc1F. The second-order valence-electron chi connectivity index (χ2n) is 4.50. The number of hydrogen-bond donors (Lipinski definition) is 3. The maximum Gasteiger partial charge on any atom is 0.330 e. The highest BCUT2D eigenvalue weighted by Gasteiger charge is 2.55. The van der Waals surface area contributed by atoms with Crippen LogP contribution in [0.25, 0.3) is 0 Å². The molecule has 1 aromatic heterocycles. The molecule has 0 spiro atoms. The molecule has 120 valence electrons. The van der Waals surface area contributed by atoms with Crippen molar-refractivity contribution >= 4 is 11.6 Å². The molecule has 0 amide bonds. The molecule has 1 aliphatic rings. The highest BCUT2D eigenvalue weighted by atomic mass is 35.5. The van der Waals surface area contributed by atoms with E-state index < -0.39 is 53.7 Å². The van der Waals surface area contributed by atoms with E-state index in [0.717, 1.165) is 0 Å². The number of nitrogens with one attached hydrogen (secondary N) is 1. The van der Waals surface area contributed by atoms with Crippen LogP contribution in [0.1, 0.15) is 6.23 Å². The minimum atomic E-state index is -2.01. The molecule has 3 N–H and O–H groups in total. The number of nitrogens with zero attached hydrogens (tertiary/aromatic N) is 1. The largest absolute Gasteiger partial charge is 0.394 e. The zero-order valence-electron chi connectivity index (χ0n) is 10.9. The van der Waals surface area contributed by atoms with Gasteiger partial charge in [0.05, 0.1) is 12.8 Å². The van der Waals surface area contributed by atoms with Gasteiger partial charge in [-0.15, -0.1) is 0 Å². The Kier molecular flexibility index (Phi) is 4.67. The second-order valence-corrected chi connectivity index (χ2v) is 5.13. The van der Waals surface area contributed by atoms with Gasteiger partial charge in [-0.05, 0) is 0 Å². The highest BCUT2D eigenvalue weighted by molar-refractivity contribution is 6.27. The number of aliphatic hydroxyl groups excluding tert-OH is 2. The third-order valence-corrected chi connectivity index (χ3v) is 3.65. The Balaban J connectivity index is 2.59. The van der Waals surface area contributed by atoms with E-state index in [1.54, 1.807) is 4.98 Å². The van der Waals surface area contributed by atoms with Gasteiger partial charge in [-0.1, -0.05) is 23.4 Å². The van der Waals surface area contributed by atoms with E-state index in [4.69, 9.17) is 21.4 Å². The first-order chi connectivity index (χ1) is 10.3. The van der Waals surface area contributed by atoms with E-state index >= 15 is 0 Å². The molecule has 0 bridgehead atoms. The maximum absolute atomic E-state index is 13.4. The standard InChI is InChI=1S/C12H11ClF2N2O5/c13-12(2-1-3-14)8(19)7(5-18)22-10(12)17-4-6(15)9(20)16-11(17)21/h4,7-8,10,18-19H,3,5H2,(H,16,20,21)/t7?,8?,10-,12?/m1/s1. The minimum absolute atomic E-state index is 0.534. The molecule has 1 saturated heterocycles. The van der Waals surface area contributed by atoms with Gasteiger partial charge in [-0.2, -0.15) is 4.39 Å². The van der Waals surface area contributed by atoms with Crippen LogP contribution in [0, 0.1) is 17.7 Å². The van der Waals surface area contributed by atoms with Crippen LogP contribution < -0.4 is 11.2 Å². The van der Waals surface area contributed by atoms with Crippen molar-refractivity contribution in [3.63, 3.8) is 0 Å². The van der Waals surface area contributed by atoms with Crippen LogP contribution >= 0.6 is 11.6 Å². The van der Waals surface area contributed by atoms with Crippen LogP contribution in [-0.4, -0.2) is 50.1 Å². The molecule has 7 nitrogen and oxygen atoms in total. The lowest BCUT2D eigenvalue weighted by molar-refractivity contribution is -0.0467. The van der Waals surface area contributed by atoms with Gasteiger partial charge in [0.2, 0.25) is 5.82 Å². The van der Waals surface area contributed by atoms with Crippen molar-refractivity contribution in [2.75, 3.05) is 13.3 Å². The summed E-state index contributed by atoms with van der Waals surface area (Å²) in [6.07, 6.45) is -3.81. The van der Waals surface area contributed by atoms with Gasteiger partial charge < -0.3 is 14.9 Å². The first-order valence-corrected chi connectivity index (χ1v) is 6.43. The molecular weight excluding hydrogens is 326 g/mol. The van der Waals surface area contributed by atoms with Crippen molar-refractivity contribution in [2.45, 2.75) is 23.3 Å². The lowest BCUT2D eigenvalue weighted by Gasteiger charge is -2.25. The molecule has 0 saturated carbocycles. The fourth-order valence-electron chi connectivity index (χ4n) is 2.11. The Morgan fingerprint density at radius 1 is 1.55 bits per heavy atom. The van der Waals surface area contributed by atoms with E-state index in [0.29, 0.717) is 10.8 Å². The predicted octanol–water partition coefficient (Wildman–Crippen LogP) is -1.12. The van der Waals surface area contributed by atoms with E-state index in [2.05, 4.69) is 5.92 Å². The van der Waals surface area contributed by atoms with Gasteiger partial charge in [-0.3, -0.25) is 14.3 Å². The average molecular weight is 337 g/mol. The van der Waals surface area contributed by atoms with E-state index in [-0.39, 0.29) is 0 Å². The number of alkyl halides is 2. The summed E-state index contributed by atoms with van der Waals surface area (Å²) < 4.78 is 31.4. The van der Waals surface area contributed by atoms with Crippen molar-refractivity contribution < 1.29 is 23.7 Å². The van der Waals surface area contributed by atoms with Crippen LogP contribution in [0.3, 0.4) is 0 Å². The quantitative estimate of drug-likeness (QED) is 0.468. The number of rotatable bonds is 2. The van der Waals surface area contributed by atoms with Gasteiger partial charge in [-0.25, -0.2) is 9.18 Å². The Morgan fingerprint density at radius 2 is 2.23 bits per heavy atom. The summed E-state index contributed by atoms with van der Waals surface area (Å²) in [4.78, 5) is 22.5. The summed E-state index contributed by atoms with van der Waals surface area (Å²) in [5.74, 6) is 2.92. The van der Waals surface area contributed by atoms with Gasteiger partial charge in [0, 0.05) is 0 Å². The van der Waals surface area contributed by atoms with Crippen LogP contribution in [0.4, 0.5) is 8.78 Å². The van der Waals surface area contributed by atoms with Gasteiger partial charge >= 0.3 is 5.69 Å². The van der Waals surface area contributed by atoms with E-state index in [1.165, 1.54) is 0 Å². The topological polar surface area (TPSA) is 105 Å². The predicted molar refractivity (Wildman–Crippen MR) is 70.6 cm³/mol. The number of H-pyrrole nitrogens is 1. The monoisotopic (exact) mass is 336 g/mol. The van der Waals surface area contributed by atoms with Crippen LogP contribution in [0.2, 0.25) is 0 Å². The highest BCUT2D eigenvalue weighted by Crippen LogP contribution is 2.42. The maximum atomic E-state index is 13.4. The molecule has 22 heavy (non-hydrogen) atoms. The molecule has 4 atom stereocenters. The molecule has 10 heteroatoms. The van der Waals surface area contributed by atoms with Crippen LogP contribution in [0.15, 0.2) is 15.8 Å². The molecule has 1 fully saturated rings. The van der Waals surface area contributed by atoms with Crippen LogP contribution in [-0.2, 0) is 4.74 Å². The van der Waals surface area contributed by atoms with Crippen molar-refractivity contribution in [1.29, 1.82) is 0 Å². The van der Waals surface area contributed by atoms with Crippen molar-refractivity contribution in [1.82, 2.24) is 9.55 Å². The molecule has 2 heterocycles. The number of aromatic nitrogens is 2. The van der Waals surface area contributed by atoms with E-state index in [9.17, 15) is 23.5 Å². The molecule has 3 unspecified atom stereocenters. The molecule has 0 radical (unpaired) electrons. The Labute approximate surface area is 127 Å². The summed E-state index contributed by atoms with van der Waals surface area (Å²) in [6, 6.07) is 0.